The lowest BCUT2D eigenvalue weighted by atomic mass is 10.1. The molecule has 3 aromatic rings. The molecule has 27 heavy (non-hydrogen) atoms. The lowest BCUT2D eigenvalue weighted by molar-refractivity contribution is 0.0947. The van der Waals surface area contributed by atoms with Gasteiger partial charge in [0.25, 0.3) is 11.5 Å². The highest BCUT2D eigenvalue weighted by atomic mass is 19.1. The zero-order valence-corrected chi connectivity index (χ0v) is 14.6. The Morgan fingerprint density at radius 2 is 2.04 bits per heavy atom. The Labute approximate surface area is 154 Å². The Hall–Kier alpha value is -3.26. The first kappa shape index (κ1) is 18.5. The average Bonchev–Trinajstić information content (AvgIpc) is 3.09. The number of aliphatic hydroxyl groups is 1. The number of nitrogens with zero attached hydrogens (tertiary/aromatic N) is 3. The monoisotopic (exact) mass is 370 g/mol. The number of aliphatic hydroxyl groups excluding tert-OH is 1. The molecule has 0 saturated carbocycles. The standard InChI is InChI=1S/C19H19FN4O3/c1-2-9-24-16(13-4-6-14(20)7-5-13)12-23-11-15(22-17(23)19(24)27)18(26)21-8-3-10-25/h2,4-7,11-12,25H,1,3,8-10H2,(H,21,26). The Bertz CT molecular complexity index is 1040. The second kappa shape index (κ2) is 7.96. The highest BCUT2D eigenvalue weighted by molar-refractivity contribution is 5.92. The molecule has 0 spiro atoms. The fourth-order valence-corrected chi connectivity index (χ4v) is 2.72. The molecule has 0 saturated heterocycles. The van der Waals surface area contributed by atoms with Crippen molar-refractivity contribution in [1.82, 2.24) is 19.3 Å². The van der Waals surface area contributed by atoms with E-state index in [2.05, 4.69) is 16.9 Å². The third kappa shape index (κ3) is 3.80. The van der Waals surface area contributed by atoms with Crippen LogP contribution in [0.1, 0.15) is 16.9 Å². The summed E-state index contributed by atoms with van der Waals surface area (Å²) in [5.41, 5.74) is 1.03. The fourth-order valence-electron chi connectivity index (χ4n) is 2.72. The molecule has 2 aromatic heterocycles. The maximum Gasteiger partial charge on any atom is 0.295 e. The molecule has 8 heteroatoms. The molecular weight excluding hydrogens is 351 g/mol. The van der Waals surface area contributed by atoms with E-state index in [1.807, 2.05) is 0 Å². The summed E-state index contributed by atoms with van der Waals surface area (Å²) in [6.45, 7) is 4.19. The molecule has 2 N–H and O–H groups in total. The third-order valence-electron chi connectivity index (χ3n) is 4.03. The minimum absolute atomic E-state index is 0.0290. The van der Waals surface area contributed by atoms with Crippen LogP contribution in [0.2, 0.25) is 0 Å². The van der Waals surface area contributed by atoms with Crippen LogP contribution in [0.5, 0.6) is 0 Å². The van der Waals surface area contributed by atoms with E-state index in [-0.39, 0.29) is 35.9 Å². The van der Waals surface area contributed by atoms with Gasteiger partial charge in [-0.15, -0.1) is 6.58 Å². The van der Waals surface area contributed by atoms with E-state index in [0.29, 0.717) is 24.2 Å². The largest absolute Gasteiger partial charge is 0.396 e. The van der Waals surface area contributed by atoms with Gasteiger partial charge >= 0.3 is 0 Å². The molecule has 0 fully saturated rings. The topological polar surface area (TPSA) is 88.6 Å². The van der Waals surface area contributed by atoms with Crippen molar-refractivity contribution in [3.63, 3.8) is 0 Å². The van der Waals surface area contributed by atoms with Gasteiger partial charge in [0, 0.05) is 32.1 Å². The van der Waals surface area contributed by atoms with E-state index in [9.17, 15) is 14.0 Å². The number of hydrogen-bond donors (Lipinski definition) is 2. The number of carbonyl (C=O) groups excluding carboxylic acids is 1. The summed E-state index contributed by atoms with van der Waals surface area (Å²) >= 11 is 0. The number of imidazole rings is 1. The smallest absolute Gasteiger partial charge is 0.295 e. The van der Waals surface area contributed by atoms with E-state index in [1.54, 1.807) is 24.4 Å². The Morgan fingerprint density at radius 3 is 2.70 bits per heavy atom. The SMILES string of the molecule is C=CCn1c(-c2ccc(F)cc2)cn2cc(C(=O)NCCCO)nc2c1=O. The first-order valence-corrected chi connectivity index (χ1v) is 8.43. The number of benzene rings is 1. The first-order valence-electron chi connectivity index (χ1n) is 8.43. The molecule has 2 heterocycles. The Kier molecular flexibility index (Phi) is 5.46. The molecule has 0 radical (unpaired) electrons. The third-order valence-corrected chi connectivity index (χ3v) is 4.03. The summed E-state index contributed by atoms with van der Waals surface area (Å²) in [6.07, 6.45) is 5.15. The predicted octanol–water partition coefficient (Wildman–Crippen LogP) is 1.60. The molecule has 0 aliphatic heterocycles. The Morgan fingerprint density at radius 1 is 1.30 bits per heavy atom. The fraction of sp³-hybridized carbons (Fsp3) is 0.211. The van der Waals surface area contributed by atoms with Gasteiger partial charge in [-0.25, -0.2) is 9.37 Å². The van der Waals surface area contributed by atoms with Crippen LogP contribution in [0, 0.1) is 5.82 Å². The maximum atomic E-state index is 13.2. The van der Waals surface area contributed by atoms with Crippen molar-refractivity contribution in [2.24, 2.45) is 0 Å². The number of amides is 1. The van der Waals surface area contributed by atoms with Crippen LogP contribution in [0.25, 0.3) is 16.9 Å². The number of nitrogens with one attached hydrogen (secondary N) is 1. The molecule has 0 aliphatic carbocycles. The number of carbonyl (C=O) groups is 1. The summed E-state index contributed by atoms with van der Waals surface area (Å²) in [5.74, 6) is -0.799. The van der Waals surface area contributed by atoms with Crippen LogP contribution < -0.4 is 10.9 Å². The normalized spacial score (nSPS) is 10.9. The minimum atomic E-state index is -0.426. The zero-order valence-electron chi connectivity index (χ0n) is 14.6. The van der Waals surface area contributed by atoms with Crippen molar-refractivity contribution in [2.75, 3.05) is 13.2 Å². The van der Waals surface area contributed by atoms with Gasteiger partial charge < -0.3 is 10.4 Å². The second-order valence-corrected chi connectivity index (χ2v) is 5.92. The van der Waals surface area contributed by atoms with Gasteiger partial charge in [-0.3, -0.25) is 18.6 Å². The molecule has 1 amide bonds. The highest BCUT2D eigenvalue weighted by Crippen LogP contribution is 2.19. The van der Waals surface area contributed by atoms with Crippen LogP contribution in [0.4, 0.5) is 4.39 Å². The molecule has 140 valence electrons. The van der Waals surface area contributed by atoms with Gasteiger partial charge in [0.2, 0.25) is 5.65 Å². The van der Waals surface area contributed by atoms with E-state index < -0.39 is 5.91 Å². The van der Waals surface area contributed by atoms with Crippen LogP contribution in [0.15, 0.2) is 54.1 Å². The van der Waals surface area contributed by atoms with Crippen LogP contribution in [-0.2, 0) is 6.54 Å². The van der Waals surface area contributed by atoms with Gasteiger partial charge in [-0.05, 0) is 36.2 Å². The van der Waals surface area contributed by atoms with Crippen molar-refractivity contribution < 1.29 is 14.3 Å². The van der Waals surface area contributed by atoms with Crippen LogP contribution in [-0.4, -0.2) is 38.1 Å². The van der Waals surface area contributed by atoms with Gasteiger partial charge in [-0.1, -0.05) is 6.08 Å². The summed E-state index contributed by atoms with van der Waals surface area (Å²) in [6, 6.07) is 5.79. The number of rotatable bonds is 7. The summed E-state index contributed by atoms with van der Waals surface area (Å²) < 4.78 is 16.2. The quantitative estimate of drug-likeness (QED) is 0.488. The predicted molar refractivity (Wildman–Crippen MR) is 99.1 cm³/mol. The zero-order chi connectivity index (χ0) is 19.4. The molecule has 1 aromatic carbocycles. The van der Waals surface area contributed by atoms with Crippen molar-refractivity contribution >= 4 is 11.6 Å². The average molecular weight is 370 g/mol. The van der Waals surface area contributed by atoms with Crippen molar-refractivity contribution in [1.29, 1.82) is 0 Å². The molecule has 0 aliphatic rings. The first-order chi connectivity index (χ1) is 13.0. The van der Waals surface area contributed by atoms with Gasteiger partial charge in [-0.2, -0.15) is 0 Å². The van der Waals surface area contributed by atoms with Gasteiger partial charge in [0.1, 0.15) is 11.5 Å². The summed E-state index contributed by atoms with van der Waals surface area (Å²) in [4.78, 5) is 29.2. The maximum absolute atomic E-state index is 13.2. The molecule has 0 atom stereocenters. The molecule has 0 unspecified atom stereocenters. The molecule has 7 nitrogen and oxygen atoms in total. The lowest BCUT2D eigenvalue weighted by Crippen LogP contribution is -2.25. The van der Waals surface area contributed by atoms with Crippen LogP contribution in [0.3, 0.4) is 0 Å². The number of hydrogen-bond acceptors (Lipinski definition) is 4. The van der Waals surface area contributed by atoms with Crippen LogP contribution >= 0.6 is 0 Å². The second-order valence-electron chi connectivity index (χ2n) is 5.92. The molecule has 0 bridgehead atoms. The lowest BCUT2D eigenvalue weighted by Gasteiger charge is -2.12. The van der Waals surface area contributed by atoms with E-state index in [4.69, 9.17) is 5.11 Å². The number of halogens is 1. The van der Waals surface area contributed by atoms with Gasteiger partial charge in [0.05, 0.1) is 5.69 Å². The number of aromatic nitrogens is 3. The van der Waals surface area contributed by atoms with E-state index >= 15 is 0 Å². The van der Waals surface area contributed by atoms with E-state index in [1.165, 1.54) is 27.3 Å². The van der Waals surface area contributed by atoms with Gasteiger partial charge in [0.15, 0.2) is 0 Å². The van der Waals surface area contributed by atoms with Crippen molar-refractivity contribution in [3.8, 4) is 11.3 Å². The highest BCUT2D eigenvalue weighted by Gasteiger charge is 2.16. The number of fused-ring (bicyclic) bond motifs is 1. The minimum Gasteiger partial charge on any atom is -0.396 e. The number of allylic oxidation sites excluding steroid dienone is 1. The van der Waals surface area contributed by atoms with Crippen molar-refractivity contribution in [3.05, 3.63) is 71.2 Å². The molecule has 3 rings (SSSR count). The van der Waals surface area contributed by atoms with Crippen molar-refractivity contribution in [2.45, 2.75) is 13.0 Å². The summed E-state index contributed by atoms with van der Waals surface area (Å²) in [5, 5.41) is 11.4. The molecular formula is C19H19FN4O3. The Balaban J connectivity index is 2.09. The van der Waals surface area contributed by atoms with E-state index in [0.717, 1.165) is 0 Å². The summed E-state index contributed by atoms with van der Waals surface area (Å²) in [7, 11) is 0.